The monoisotopic (exact) mass is 334 g/mol. The molecule has 134 valence electrons. The highest BCUT2D eigenvalue weighted by Gasteiger charge is 2.36. The number of likely N-dealkylation sites (tertiary alicyclic amines) is 1. The van der Waals surface area contributed by atoms with Gasteiger partial charge in [0.1, 0.15) is 0 Å². The highest BCUT2D eigenvalue weighted by molar-refractivity contribution is 5.79. The maximum atomic E-state index is 12.2. The number of aromatic nitrogens is 2. The van der Waals surface area contributed by atoms with Gasteiger partial charge in [-0.25, -0.2) is 0 Å². The van der Waals surface area contributed by atoms with Crippen LogP contribution in [0.3, 0.4) is 0 Å². The van der Waals surface area contributed by atoms with Crippen LogP contribution in [0.2, 0.25) is 0 Å². The third kappa shape index (κ3) is 3.35. The number of hydrogen-bond acceptors (Lipinski definition) is 4. The van der Waals surface area contributed by atoms with E-state index in [0.29, 0.717) is 0 Å². The van der Waals surface area contributed by atoms with Gasteiger partial charge in [0, 0.05) is 61.9 Å². The maximum Gasteiger partial charge on any atom is 0.223 e. The first-order valence-corrected chi connectivity index (χ1v) is 9.20. The lowest BCUT2D eigenvalue weighted by molar-refractivity contribution is -0.128. The summed E-state index contributed by atoms with van der Waals surface area (Å²) in [4.78, 5) is 14.6. The number of rotatable bonds is 6. The number of hydrogen-bond donors (Lipinski definition) is 2. The van der Waals surface area contributed by atoms with Gasteiger partial charge in [-0.2, -0.15) is 5.10 Å². The van der Waals surface area contributed by atoms with Crippen LogP contribution in [0.25, 0.3) is 0 Å². The largest absolute Gasteiger partial charge is 0.396 e. The summed E-state index contributed by atoms with van der Waals surface area (Å²) in [6.07, 6.45) is 3.19. The van der Waals surface area contributed by atoms with Crippen molar-refractivity contribution in [3.05, 3.63) is 17.0 Å². The standard InChI is InChI=1S/C18H30N4O2/c1-4-22-13(3)16(12(2)20-22)9-21-8-15(11-23)17(10-21)19-18(24)14-6-5-7-14/h14-15,17,23H,4-11H2,1-3H3,(H,19,24)/t15-,17+/m0/s1. The number of nitrogens with zero attached hydrogens (tertiary/aromatic N) is 3. The zero-order valence-electron chi connectivity index (χ0n) is 15.1. The molecule has 6 heteroatoms. The Morgan fingerprint density at radius 3 is 2.62 bits per heavy atom. The molecule has 24 heavy (non-hydrogen) atoms. The SMILES string of the molecule is CCn1nc(C)c(CN2C[C@@H](CO)[C@H](NC(=O)C3CCC3)C2)c1C. The van der Waals surface area contributed by atoms with Crippen molar-refractivity contribution in [2.45, 2.75) is 59.2 Å². The lowest BCUT2D eigenvalue weighted by Gasteiger charge is -2.27. The normalized spacial score (nSPS) is 25.0. The third-order valence-corrected chi connectivity index (χ3v) is 5.77. The molecule has 0 aromatic carbocycles. The predicted octanol–water partition coefficient (Wildman–Crippen LogP) is 1.23. The van der Waals surface area contributed by atoms with Gasteiger partial charge < -0.3 is 10.4 Å². The highest BCUT2D eigenvalue weighted by atomic mass is 16.3. The molecular weight excluding hydrogens is 304 g/mol. The van der Waals surface area contributed by atoms with E-state index in [1.54, 1.807) is 0 Å². The molecular formula is C18H30N4O2. The fraction of sp³-hybridized carbons (Fsp3) is 0.778. The molecule has 6 nitrogen and oxygen atoms in total. The molecule has 1 saturated carbocycles. The molecule has 2 fully saturated rings. The van der Waals surface area contributed by atoms with Crippen LogP contribution in [0.15, 0.2) is 0 Å². The highest BCUT2D eigenvalue weighted by Crippen LogP contribution is 2.28. The molecule has 1 aliphatic carbocycles. The second-order valence-electron chi connectivity index (χ2n) is 7.34. The molecule has 2 N–H and O–H groups in total. The first-order chi connectivity index (χ1) is 11.5. The van der Waals surface area contributed by atoms with Crippen molar-refractivity contribution in [1.29, 1.82) is 0 Å². The van der Waals surface area contributed by atoms with E-state index in [-0.39, 0.29) is 30.4 Å². The molecule has 2 aliphatic rings. The second kappa shape index (κ2) is 7.23. The topological polar surface area (TPSA) is 70.4 Å². The summed E-state index contributed by atoms with van der Waals surface area (Å²) in [5.74, 6) is 0.499. The molecule has 1 aromatic heterocycles. The summed E-state index contributed by atoms with van der Waals surface area (Å²) in [5.41, 5.74) is 3.58. The summed E-state index contributed by atoms with van der Waals surface area (Å²) < 4.78 is 2.04. The number of carbonyl (C=O) groups excluding carboxylic acids is 1. The predicted molar refractivity (Wildman–Crippen MR) is 92.5 cm³/mol. The molecule has 1 aromatic rings. The van der Waals surface area contributed by atoms with Gasteiger partial charge in [0.05, 0.1) is 5.69 Å². The van der Waals surface area contributed by atoms with Gasteiger partial charge in [0.25, 0.3) is 0 Å². The van der Waals surface area contributed by atoms with Gasteiger partial charge in [-0.3, -0.25) is 14.4 Å². The minimum absolute atomic E-state index is 0.0601. The lowest BCUT2D eigenvalue weighted by atomic mass is 9.84. The van der Waals surface area contributed by atoms with E-state index in [1.807, 2.05) is 4.68 Å². The first-order valence-electron chi connectivity index (χ1n) is 9.20. The number of carbonyl (C=O) groups is 1. The summed E-state index contributed by atoms with van der Waals surface area (Å²) in [7, 11) is 0. The van der Waals surface area contributed by atoms with Crippen LogP contribution in [0, 0.1) is 25.7 Å². The van der Waals surface area contributed by atoms with Crippen LogP contribution in [0.4, 0.5) is 0 Å². The fourth-order valence-electron chi connectivity index (χ4n) is 3.90. The van der Waals surface area contributed by atoms with E-state index in [2.05, 4.69) is 36.1 Å². The summed E-state index contributed by atoms with van der Waals surface area (Å²) in [6.45, 7) is 9.75. The Morgan fingerprint density at radius 2 is 2.08 bits per heavy atom. The first kappa shape index (κ1) is 17.4. The number of aliphatic hydroxyl groups is 1. The number of aliphatic hydroxyl groups excluding tert-OH is 1. The van der Waals surface area contributed by atoms with Gasteiger partial charge in [-0.1, -0.05) is 6.42 Å². The Bertz CT molecular complexity index is 594. The van der Waals surface area contributed by atoms with E-state index in [0.717, 1.165) is 51.1 Å². The van der Waals surface area contributed by atoms with Gasteiger partial charge in [-0.15, -0.1) is 0 Å². The summed E-state index contributed by atoms with van der Waals surface area (Å²) in [6, 6.07) is 0.0601. The summed E-state index contributed by atoms with van der Waals surface area (Å²) in [5, 5.41) is 17.5. The van der Waals surface area contributed by atoms with E-state index in [4.69, 9.17) is 0 Å². The molecule has 0 radical (unpaired) electrons. The quantitative estimate of drug-likeness (QED) is 0.821. The van der Waals surface area contributed by atoms with Gasteiger partial charge in [0.15, 0.2) is 0 Å². The summed E-state index contributed by atoms with van der Waals surface area (Å²) >= 11 is 0. The minimum Gasteiger partial charge on any atom is -0.396 e. The van der Waals surface area contributed by atoms with Crippen molar-refractivity contribution < 1.29 is 9.90 Å². The molecule has 1 saturated heterocycles. The van der Waals surface area contributed by atoms with Crippen LogP contribution in [-0.2, 0) is 17.9 Å². The number of aryl methyl sites for hydroxylation is 2. The second-order valence-corrected chi connectivity index (χ2v) is 7.34. The zero-order chi connectivity index (χ0) is 17.3. The Hall–Kier alpha value is -1.40. The van der Waals surface area contributed by atoms with Crippen LogP contribution in [0.1, 0.15) is 43.1 Å². The smallest absolute Gasteiger partial charge is 0.223 e. The van der Waals surface area contributed by atoms with Crippen molar-refractivity contribution in [3.8, 4) is 0 Å². The number of nitrogens with one attached hydrogen (secondary N) is 1. The van der Waals surface area contributed by atoms with Gasteiger partial charge in [-0.05, 0) is 33.6 Å². The van der Waals surface area contributed by atoms with Crippen LogP contribution in [-0.4, -0.2) is 51.4 Å². The van der Waals surface area contributed by atoms with E-state index >= 15 is 0 Å². The molecule has 0 spiro atoms. The van der Waals surface area contributed by atoms with E-state index < -0.39 is 0 Å². The van der Waals surface area contributed by atoms with Crippen LogP contribution in [0.5, 0.6) is 0 Å². The molecule has 0 bridgehead atoms. The van der Waals surface area contributed by atoms with Crippen molar-refractivity contribution in [3.63, 3.8) is 0 Å². The van der Waals surface area contributed by atoms with Crippen LogP contribution < -0.4 is 5.32 Å². The van der Waals surface area contributed by atoms with Crippen molar-refractivity contribution >= 4 is 5.91 Å². The van der Waals surface area contributed by atoms with Crippen molar-refractivity contribution in [1.82, 2.24) is 20.0 Å². The Labute approximate surface area is 144 Å². The van der Waals surface area contributed by atoms with E-state index in [9.17, 15) is 9.90 Å². The molecule has 0 unspecified atom stereocenters. The van der Waals surface area contributed by atoms with Gasteiger partial charge in [0.2, 0.25) is 5.91 Å². The average Bonchev–Trinajstić information content (AvgIpc) is 3.00. The van der Waals surface area contributed by atoms with Crippen molar-refractivity contribution in [2.75, 3.05) is 19.7 Å². The average molecular weight is 334 g/mol. The maximum absolute atomic E-state index is 12.2. The number of amides is 1. The minimum atomic E-state index is 0.0601. The molecule has 2 heterocycles. The zero-order valence-corrected chi connectivity index (χ0v) is 15.1. The van der Waals surface area contributed by atoms with Crippen LogP contribution >= 0.6 is 0 Å². The fourth-order valence-corrected chi connectivity index (χ4v) is 3.90. The third-order valence-electron chi connectivity index (χ3n) is 5.77. The Kier molecular flexibility index (Phi) is 5.25. The molecule has 1 amide bonds. The molecule has 2 atom stereocenters. The lowest BCUT2D eigenvalue weighted by Crippen LogP contribution is -2.45. The Balaban J connectivity index is 1.63. The van der Waals surface area contributed by atoms with Crippen molar-refractivity contribution in [2.24, 2.45) is 11.8 Å². The molecule has 3 rings (SSSR count). The molecule has 1 aliphatic heterocycles. The Morgan fingerprint density at radius 1 is 1.33 bits per heavy atom. The van der Waals surface area contributed by atoms with E-state index in [1.165, 1.54) is 11.3 Å². The van der Waals surface area contributed by atoms with Gasteiger partial charge >= 0.3 is 0 Å².